The number of ether oxygens (including phenoxy) is 1. The molecular formula is C13H16FN3O2. The van der Waals surface area contributed by atoms with Crippen molar-refractivity contribution < 1.29 is 14.2 Å². The van der Waals surface area contributed by atoms with Crippen LogP contribution in [-0.2, 0) is 17.9 Å². The van der Waals surface area contributed by atoms with Crippen molar-refractivity contribution in [1.29, 1.82) is 0 Å². The fourth-order valence-corrected chi connectivity index (χ4v) is 1.95. The smallest absolute Gasteiger partial charge is 0.164 e. The van der Waals surface area contributed by atoms with Crippen LogP contribution in [0, 0.1) is 12.7 Å². The van der Waals surface area contributed by atoms with E-state index in [4.69, 9.17) is 4.74 Å². The summed E-state index contributed by atoms with van der Waals surface area (Å²) in [5.41, 5.74) is 1.45. The van der Waals surface area contributed by atoms with E-state index in [9.17, 15) is 9.50 Å². The standard InChI is InChI=1S/C13H16FN3O2/c1-9-5-10(7-11(14)6-9)13-16-15-12(8-18)17(13)3-4-19-2/h5-7,18H,3-4,8H2,1-2H3. The minimum Gasteiger partial charge on any atom is -0.388 e. The summed E-state index contributed by atoms with van der Waals surface area (Å²) in [6.07, 6.45) is 0. The zero-order valence-corrected chi connectivity index (χ0v) is 10.9. The highest BCUT2D eigenvalue weighted by atomic mass is 19.1. The second-order valence-electron chi connectivity index (χ2n) is 4.26. The summed E-state index contributed by atoms with van der Waals surface area (Å²) in [5.74, 6) is 0.652. The Morgan fingerprint density at radius 3 is 2.74 bits per heavy atom. The molecule has 0 radical (unpaired) electrons. The number of aromatic nitrogens is 3. The maximum Gasteiger partial charge on any atom is 0.164 e. The summed E-state index contributed by atoms with van der Waals surface area (Å²) < 4.78 is 20.2. The van der Waals surface area contributed by atoms with Crippen molar-refractivity contribution in [2.75, 3.05) is 13.7 Å². The summed E-state index contributed by atoms with van der Waals surface area (Å²) in [6.45, 7) is 2.57. The summed E-state index contributed by atoms with van der Waals surface area (Å²) in [5, 5.41) is 17.2. The van der Waals surface area contributed by atoms with Crippen LogP contribution >= 0.6 is 0 Å². The Hall–Kier alpha value is -1.79. The first kappa shape index (κ1) is 13.6. The van der Waals surface area contributed by atoms with Crippen molar-refractivity contribution in [2.45, 2.75) is 20.1 Å². The third-order valence-corrected chi connectivity index (χ3v) is 2.79. The average molecular weight is 265 g/mol. The molecule has 1 N–H and O–H groups in total. The fraction of sp³-hybridized carbons (Fsp3) is 0.385. The maximum atomic E-state index is 13.5. The summed E-state index contributed by atoms with van der Waals surface area (Å²) in [4.78, 5) is 0. The molecule has 1 heterocycles. The van der Waals surface area contributed by atoms with Gasteiger partial charge in [0.1, 0.15) is 12.4 Å². The van der Waals surface area contributed by atoms with Gasteiger partial charge in [0, 0.05) is 19.2 Å². The van der Waals surface area contributed by atoms with Gasteiger partial charge in [-0.3, -0.25) is 0 Å². The lowest BCUT2D eigenvalue weighted by molar-refractivity contribution is 0.183. The molecule has 0 aliphatic carbocycles. The van der Waals surface area contributed by atoms with Crippen molar-refractivity contribution >= 4 is 0 Å². The van der Waals surface area contributed by atoms with Crippen LogP contribution in [0.25, 0.3) is 11.4 Å². The van der Waals surface area contributed by atoms with Gasteiger partial charge in [-0.05, 0) is 30.7 Å². The van der Waals surface area contributed by atoms with Gasteiger partial charge in [-0.1, -0.05) is 0 Å². The Bertz CT molecular complexity index is 549. The molecular weight excluding hydrogens is 249 g/mol. The first-order valence-corrected chi connectivity index (χ1v) is 5.95. The molecule has 6 heteroatoms. The van der Waals surface area contributed by atoms with Crippen LogP contribution < -0.4 is 0 Å². The van der Waals surface area contributed by atoms with E-state index >= 15 is 0 Å². The molecule has 0 atom stereocenters. The van der Waals surface area contributed by atoms with E-state index in [1.54, 1.807) is 11.7 Å². The highest BCUT2D eigenvalue weighted by Crippen LogP contribution is 2.21. The molecule has 0 amide bonds. The quantitative estimate of drug-likeness (QED) is 0.890. The van der Waals surface area contributed by atoms with Crippen LogP contribution in [0.2, 0.25) is 0 Å². The molecule has 0 unspecified atom stereocenters. The molecule has 102 valence electrons. The Morgan fingerprint density at radius 2 is 2.11 bits per heavy atom. The van der Waals surface area contributed by atoms with Gasteiger partial charge in [-0.15, -0.1) is 10.2 Å². The fourth-order valence-electron chi connectivity index (χ4n) is 1.95. The van der Waals surface area contributed by atoms with Gasteiger partial charge in [-0.25, -0.2) is 4.39 Å². The molecule has 19 heavy (non-hydrogen) atoms. The van der Waals surface area contributed by atoms with Crippen LogP contribution in [0.3, 0.4) is 0 Å². The second kappa shape index (κ2) is 5.90. The minimum absolute atomic E-state index is 0.217. The first-order chi connectivity index (χ1) is 9.15. The van der Waals surface area contributed by atoms with Crippen molar-refractivity contribution in [2.24, 2.45) is 0 Å². The molecule has 0 fully saturated rings. The number of rotatable bonds is 5. The molecule has 0 aliphatic heterocycles. The summed E-state index contributed by atoms with van der Waals surface area (Å²) in [6, 6.07) is 4.69. The number of hydrogen-bond donors (Lipinski definition) is 1. The molecule has 5 nitrogen and oxygen atoms in total. The van der Waals surface area contributed by atoms with Crippen LogP contribution in [0.1, 0.15) is 11.4 Å². The predicted molar refractivity (Wildman–Crippen MR) is 68.0 cm³/mol. The van der Waals surface area contributed by atoms with Gasteiger partial charge in [0.2, 0.25) is 0 Å². The van der Waals surface area contributed by atoms with Crippen molar-refractivity contribution in [3.05, 3.63) is 35.4 Å². The number of aliphatic hydroxyl groups is 1. The largest absolute Gasteiger partial charge is 0.388 e. The van der Waals surface area contributed by atoms with Gasteiger partial charge in [0.25, 0.3) is 0 Å². The van der Waals surface area contributed by atoms with Crippen molar-refractivity contribution in [3.8, 4) is 11.4 Å². The molecule has 0 bridgehead atoms. The van der Waals surface area contributed by atoms with Gasteiger partial charge < -0.3 is 14.4 Å². The van der Waals surface area contributed by atoms with E-state index in [1.165, 1.54) is 12.1 Å². The van der Waals surface area contributed by atoms with Gasteiger partial charge in [0.15, 0.2) is 11.6 Å². The third-order valence-electron chi connectivity index (χ3n) is 2.79. The SMILES string of the molecule is COCCn1c(CO)nnc1-c1cc(C)cc(F)c1. The number of hydrogen-bond acceptors (Lipinski definition) is 4. The van der Waals surface area contributed by atoms with Gasteiger partial charge in [0.05, 0.1) is 6.61 Å². The average Bonchev–Trinajstić information content (AvgIpc) is 2.77. The Kier molecular flexibility index (Phi) is 4.24. The van der Waals surface area contributed by atoms with Crippen LogP contribution in [0.4, 0.5) is 4.39 Å². The van der Waals surface area contributed by atoms with Crippen LogP contribution in [0.15, 0.2) is 18.2 Å². The molecule has 2 rings (SSSR count). The number of aliphatic hydroxyl groups excluding tert-OH is 1. The van der Waals surface area contributed by atoms with E-state index in [0.29, 0.717) is 30.4 Å². The van der Waals surface area contributed by atoms with E-state index in [-0.39, 0.29) is 12.4 Å². The first-order valence-electron chi connectivity index (χ1n) is 5.95. The molecule has 0 saturated carbocycles. The zero-order valence-electron chi connectivity index (χ0n) is 10.9. The molecule has 0 aliphatic rings. The number of methoxy groups -OCH3 is 1. The monoisotopic (exact) mass is 265 g/mol. The maximum absolute atomic E-state index is 13.5. The molecule has 0 saturated heterocycles. The van der Waals surface area contributed by atoms with E-state index in [1.807, 2.05) is 13.0 Å². The predicted octanol–water partition coefficient (Wildman–Crippen LogP) is 1.53. The molecule has 1 aromatic carbocycles. The third kappa shape index (κ3) is 2.97. The van der Waals surface area contributed by atoms with Crippen molar-refractivity contribution in [3.63, 3.8) is 0 Å². The lowest BCUT2D eigenvalue weighted by atomic mass is 10.1. The Morgan fingerprint density at radius 1 is 1.32 bits per heavy atom. The lowest BCUT2D eigenvalue weighted by Crippen LogP contribution is -2.10. The zero-order chi connectivity index (χ0) is 13.8. The normalized spacial score (nSPS) is 10.9. The van der Waals surface area contributed by atoms with Gasteiger partial charge >= 0.3 is 0 Å². The molecule has 1 aromatic heterocycles. The lowest BCUT2D eigenvalue weighted by Gasteiger charge is -2.09. The highest BCUT2D eigenvalue weighted by molar-refractivity contribution is 5.56. The van der Waals surface area contributed by atoms with Crippen LogP contribution in [-0.4, -0.2) is 33.6 Å². The number of halogens is 1. The topological polar surface area (TPSA) is 60.2 Å². The molecule has 2 aromatic rings. The van der Waals surface area contributed by atoms with Crippen molar-refractivity contribution in [1.82, 2.24) is 14.8 Å². The molecule has 0 spiro atoms. The summed E-state index contributed by atoms with van der Waals surface area (Å²) in [7, 11) is 1.59. The second-order valence-corrected chi connectivity index (χ2v) is 4.26. The highest BCUT2D eigenvalue weighted by Gasteiger charge is 2.14. The number of aryl methyl sites for hydroxylation is 1. The Labute approximate surface area is 110 Å². The minimum atomic E-state index is -0.318. The van der Waals surface area contributed by atoms with Gasteiger partial charge in [-0.2, -0.15) is 0 Å². The number of nitrogens with zero attached hydrogens (tertiary/aromatic N) is 3. The summed E-state index contributed by atoms with van der Waals surface area (Å²) >= 11 is 0. The van der Waals surface area contributed by atoms with E-state index < -0.39 is 0 Å². The van der Waals surface area contributed by atoms with E-state index in [2.05, 4.69) is 10.2 Å². The number of benzene rings is 1. The van der Waals surface area contributed by atoms with E-state index in [0.717, 1.165) is 5.56 Å². The van der Waals surface area contributed by atoms with Crippen LogP contribution in [0.5, 0.6) is 0 Å². The Balaban J connectivity index is 2.45.